The van der Waals surface area contributed by atoms with Gasteiger partial charge < -0.3 is 19.9 Å². The molecule has 0 spiro atoms. The van der Waals surface area contributed by atoms with Crippen molar-refractivity contribution >= 4 is 18.0 Å². The Kier molecular flexibility index (Phi) is 8.64. The number of esters is 1. The second-order valence-corrected chi connectivity index (χ2v) is 7.09. The number of nitrogens with two attached hydrogens (primary N) is 1. The fourth-order valence-electron chi connectivity index (χ4n) is 2.71. The molecule has 0 fully saturated rings. The van der Waals surface area contributed by atoms with Gasteiger partial charge in [0.2, 0.25) is 0 Å². The highest BCUT2D eigenvalue weighted by Gasteiger charge is 2.12. The van der Waals surface area contributed by atoms with Crippen LogP contribution in [0.1, 0.15) is 43.7 Å². The van der Waals surface area contributed by atoms with Crippen molar-refractivity contribution < 1.29 is 23.8 Å². The van der Waals surface area contributed by atoms with E-state index in [1.54, 1.807) is 18.2 Å². The van der Waals surface area contributed by atoms with Gasteiger partial charge in [0.05, 0.1) is 13.7 Å². The molecule has 31 heavy (non-hydrogen) atoms. The standard InChI is InChI=1S/C24H26N2O5/c1-16(2)18-7-9-20(10-8-18)30-12-4-5-23(27)31-21-11-6-17(14-22(21)29-3)13-19(15-25)24(26)28/h6-11,13-14,16H,4-5,12H2,1-3H3,(H2,26,28)/b19-13+. The van der Waals surface area contributed by atoms with Crippen molar-refractivity contribution in [1.82, 2.24) is 0 Å². The summed E-state index contributed by atoms with van der Waals surface area (Å²) in [6, 6.07) is 14.3. The van der Waals surface area contributed by atoms with Gasteiger partial charge in [-0.3, -0.25) is 9.59 Å². The van der Waals surface area contributed by atoms with Gasteiger partial charge in [0.25, 0.3) is 5.91 Å². The van der Waals surface area contributed by atoms with Crippen molar-refractivity contribution in [3.05, 3.63) is 59.2 Å². The van der Waals surface area contributed by atoms with E-state index in [-0.39, 0.29) is 17.7 Å². The Labute approximate surface area is 182 Å². The molecular weight excluding hydrogens is 396 g/mol. The summed E-state index contributed by atoms with van der Waals surface area (Å²) >= 11 is 0. The van der Waals surface area contributed by atoms with Gasteiger partial charge in [-0.05, 0) is 53.8 Å². The molecule has 2 aromatic rings. The number of carbonyl (C=O) groups is 2. The first-order valence-electron chi connectivity index (χ1n) is 9.87. The van der Waals surface area contributed by atoms with E-state index in [9.17, 15) is 9.59 Å². The van der Waals surface area contributed by atoms with Crippen LogP contribution in [0.3, 0.4) is 0 Å². The molecule has 0 atom stereocenters. The Hall–Kier alpha value is -3.79. The van der Waals surface area contributed by atoms with Crippen LogP contribution < -0.4 is 19.9 Å². The van der Waals surface area contributed by atoms with Crippen molar-refractivity contribution in [3.8, 4) is 23.3 Å². The number of primary amides is 1. The second-order valence-electron chi connectivity index (χ2n) is 7.09. The Morgan fingerprint density at radius 2 is 1.84 bits per heavy atom. The van der Waals surface area contributed by atoms with Gasteiger partial charge in [-0.25, -0.2) is 0 Å². The summed E-state index contributed by atoms with van der Waals surface area (Å²) in [7, 11) is 1.43. The quantitative estimate of drug-likeness (QED) is 0.204. The molecule has 2 N–H and O–H groups in total. The normalized spacial score (nSPS) is 11.0. The highest BCUT2D eigenvalue weighted by molar-refractivity contribution is 6.00. The fourth-order valence-corrected chi connectivity index (χ4v) is 2.71. The zero-order valence-electron chi connectivity index (χ0n) is 17.9. The minimum Gasteiger partial charge on any atom is -0.494 e. The molecule has 2 aromatic carbocycles. The molecule has 0 aliphatic carbocycles. The lowest BCUT2D eigenvalue weighted by molar-refractivity contribution is -0.134. The molecule has 0 bridgehead atoms. The van der Waals surface area contributed by atoms with Crippen molar-refractivity contribution in [1.29, 1.82) is 5.26 Å². The highest BCUT2D eigenvalue weighted by Crippen LogP contribution is 2.29. The smallest absolute Gasteiger partial charge is 0.311 e. The average Bonchev–Trinajstić information content (AvgIpc) is 2.75. The monoisotopic (exact) mass is 422 g/mol. The molecule has 162 valence electrons. The van der Waals surface area contributed by atoms with Crippen LogP contribution in [0, 0.1) is 11.3 Å². The zero-order valence-corrected chi connectivity index (χ0v) is 17.9. The molecule has 7 nitrogen and oxygen atoms in total. The molecule has 0 aliphatic heterocycles. The van der Waals surface area contributed by atoms with Crippen LogP contribution >= 0.6 is 0 Å². The number of amides is 1. The predicted octanol–water partition coefficient (Wildman–Crippen LogP) is 3.98. The van der Waals surface area contributed by atoms with Crippen LogP contribution in [0.15, 0.2) is 48.0 Å². The SMILES string of the molecule is COc1cc(/C=C(\C#N)C(N)=O)ccc1OC(=O)CCCOc1ccc(C(C)C)cc1. The number of rotatable bonds is 10. The summed E-state index contributed by atoms with van der Waals surface area (Å²) in [6.07, 6.45) is 2.01. The number of nitrogens with zero attached hydrogens (tertiary/aromatic N) is 1. The maximum absolute atomic E-state index is 12.2. The van der Waals surface area contributed by atoms with Crippen LogP contribution in [0.5, 0.6) is 17.2 Å². The number of ether oxygens (including phenoxy) is 3. The number of nitriles is 1. The molecule has 0 unspecified atom stereocenters. The topological polar surface area (TPSA) is 112 Å². The minimum absolute atomic E-state index is 0.176. The van der Waals surface area contributed by atoms with Crippen LogP contribution in [-0.4, -0.2) is 25.6 Å². The van der Waals surface area contributed by atoms with Gasteiger partial charge in [0.15, 0.2) is 11.5 Å². The van der Waals surface area contributed by atoms with E-state index in [4.69, 9.17) is 25.2 Å². The number of benzene rings is 2. The Morgan fingerprint density at radius 3 is 2.42 bits per heavy atom. The first-order chi connectivity index (χ1) is 14.8. The zero-order chi connectivity index (χ0) is 22.8. The second kappa shape index (κ2) is 11.4. The fraction of sp³-hybridized carbons (Fsp3) is 0.292. The molecule has 7 heteroatoms. The van der Waals surface area contributed by atoms with Crippen LogP contribution in [0.4, 0.5) is 0 Å². The lowest BCUT2D eigenvalue weighted by Gasteiger charge is -2.11. The maximum atomic E-state index is 12.2. The van der Waals surface area contributed by atoms with Crippen LogP contribution in [0.2, 0.25) is 0 Å². The largest absolute Gasteiger partial charge is 0.494 e. The van der Waals surface area contributed by atoms with Crippen LogP contribution in [0.25, 0.3) is 6.08 Å². The summed E-state index contributed by atoms with van der Waals surface area (Å²) in [5.41, 5.74) is 6.70. The minimum atomic E-state index is -0.824. The van der Waals surface area contributed by atoms with Gasteiger partial charge in [0.1, 0.15) is 17.4 Å². The van der Waals surface area contributed by atoms with Crippen LogP contribution in [-0.2, 0) is 9.59 Å². The Bertz CT molecular complexity index is 988. The number of carbonyl (C=O) groups excluding carboxylic acids is 2. The van der Waals surface area contributed by atoms with Crippen molar-refractivity contribution in [2.24, 2.45) is 5.73 Å². The third-order valence-electron chi connectivity index (χ3n) is 4.45. The molecule has 0 aromatic heterocycles. The number of hydrogen-bond acceptors (Lipinski definition) is 6. The molecule has 0 aliphatic rings. The lowest BCUT2D eigenvalue weighted by Crippen LogP contribution is -2.12. The van der Waals surface area contributed by atoms with Gasteiger partial charge in [-0.1, -0.05) is 32.0 Å². The number of hydrogen-bond donors (Lipinski definition) is 1. The van der Waals surface area contributed by atoms with Gasteiger partial charge in [-0.2, -0.15) is 5.26 Å². The summed E-state index contributed by atoms with van der Waals surface area (Å²) in [5.74, 6) is 0.515. The first-order valence-corrected chi connectivity index (χ1v) is 9.87. The van der Waals surface area contributed by atoms with E-state index >= 15 is 0 Å². The van der Waals surface area contributed by atoms with Crippen molar-refractivity contribution in [2.75, 3.05) is 13.7 Å². The molecule has 2 rings (SSSR count). The Morgan fingerprint density at radius 1 is 1.13 bits per heavy atom. The molecule has 1 amide bonds. The molecule has 0 saturated heterocycles. The predicted molar refractivity (Wildman–Crippen MR) is 117 cm³/mol. The van der Waals surface area contributed by atoms with E-state index in [0.717, 1.165) is 5.75 Å². The molecule has 0 heterocycles. The van der Waals surface area contributed by atoms with E-state index in [1.807, 2.05) is 24.3 Å². The first kappa shape index (κ1) is 23.5. The lowest BCUT2D eigenvalue weighted by atomic mass is 10.0. The summed E-state index contributed by atoms with van der Waals surface area (Å²) in [4.78, 5) is 23.3. The van der Waals surface area contributed by atoms with E-state index in [0.29, 0.717) is 30.3 Å². The van der Waals surface area contributed by atoms with Gasteiger partial charge >= 0.3 is 5.97 Å². The van der Waals surface area contributed by atoms with Gasteiger partial charge in [-0.15, -0.1) is 0 Å². The highest BCUT2D eigenvalue weighted by atomic mass is 16.6. The summed E-state index contributed by atoms with van der Waals surface area (Å²) < 4.78 is 16.3. The average molecular weight is 422 g/mol. The van der Waals surface area contributed by atoms with Crippen molar-refractivity contribution in [3.63, 3.8) is 0 Å². The van der Waals surface area contributed by atoms with Crippen molar-refractivity contribution in [2.45, 2.75) is 32.6 Å². The maximum Gasteiger partial charge on any atom is 0.311 e. The van der Waals surface area contributed by atoms with Gasteiger partial charge in [0, 0.05) is 6.42 Å². The third kappa shape index (κ3) is 7.19. The number of methoxy groups -OCH3 is 1. The van der Waals surface area contributed by atoms with E-state index < -0.39 is 11.9 Å². The van der Waals surface area contributed by atoms with E-state index in [1.165, 1.54) is 24.8 Å². The molecular formula is C24H26N2O5. The summed E-state index contributed by atoms with van der Waals surface area (Å²) in [5, 5.41) is 8.94. The molecule has 0 radical (unpaired) electrons. The Balaban J connectivity index is 1.88. The third-order valence-corrected chi connectivity index (χ3v) is 4.45. The molecule has 0 saturated carbocycles. The van der Waals surface area contributed by atoms with E-state index in [2.05, 4.69) is 13.8 Å². The summed E-state index contributed by atoms with van der Waals surface area (Å²) in [6.45, 7) is 4.65.